The molecular formula is C15H24FNO. The van der Waals surface area contributed by atoms with Crippen LogP contribution in [0.3, 0.4) is 0 Å². The van der Waals surface area contributed by atoms with Crippen LogP contribution < -0.4 is 10.1 Å². The number of benzene rings is 1. The molecule has 0 aliphatic rings. The van der Waals surface area contributed by atoms with Crippen LogP contribution in [0.25, 0.3) is 0 Å². The van der Waals surface area contributed by atoms with Crippen LogP contribution in [0.2, 0.25) is 0 Å². The van der Waals surface area contributed by atoms with E-state index in [0.717, 1.165) is 24.9 Å². The highest BCUT2D eigenvalue weighted by molar-refractivity contribution is 5.29. The molecule has 0 saturated carbocycles. The van der Waals surface area contributed by atoms with Gasteiger partial charge in [0.25, 0.3) is 0 Å². The minimum atomic E-state index is -0.273. The zero-order valence-corrected chi connectivity index (χ0v) is 11.6. The summed E-state index contributed by atoms with van der Waals surface area (Å²) in [4.78, 5) is 0. The molecule has 1 atom stereocenters. The molecule has 0 spiro atoms. The van der Waals surface area contributed by atoms with Gasteiger partial charge in [0, 0.05) is 6.04 Å². The van der Waals surface area contributed by atoms with Crippen molar-refractivity contribution in [2.75, 3.05) is 13.7 Å². The minimum Gasteiger partial charge on any atom is -0.494 e. The van der Waals surface area contributed by atoms with Gasteiger partial charge in [-0.05, 0) is 43.5 Å². The standard InChI is InChI=1S/C15H24FNO/c1-4-6-13(17-5-2)9-7-12-8-10-15(18-3)14(16)11-12/h8,10-11,13,17H,4-7,9H2,1-3H3. The highest BCUT2D eigenvalue weighted by Crippen LogP contribution is 2.19. The maximum absolute atomic E-state index is 13.5. The summed E-state index contributed by atoms with van der Waals surface area (Å²) < 4.78 is 18.4. The molecule has 0 bridgehead atoms. The third kappa shape index (κ3) is 4.65. The Bertz CT molecular complexity index is 348. The number of hydrogen-bond donors (Lipinski definition) is 1. The van der Waals surface area contributed by atoms with Gasteiger partial charge in [0.1, 0.15) is 0 Å². The van der Waals surface area contributed by atoms with Gasteiger partial charge in [0.2, 0.25) is 0 Å². The van der Waals surface area contributed by atoms with Crippen molar-refractivity contribution in [3.8, 4) is 5.75 Å². The van der Waals surface area contributed by atoms with Crippen molar-refractivity contribution >= 4 is 0 Å². The summed E-state index contributed by atoms with van der Waals surface area (Å²) in [5.41, 5.74) is 1.03. The molecule has 0 saturated heterocycles. The van der Waals surface area contributed by atoms with Crippen LogP contribution in [-0.4, -0.2) is 19.7 Å². The molecule has 1 aromatic rings. The molecule has 0 aliphatic carbocycles. The van der Waals surface area contributed by atoms with Crippen LogP contribution in [0, 0.1) is 5.82 Å². The van der Waals surface area contributed by atoms with E-state index in [1.54, 1.807) is 12.1 Å². The summed E-state index contributed by atoms with van der Waals surface area (Å²) >= 11 is 0. The van der Waals surface area contributed by atoms with Crippen molar-refractivity contribution in [1.29, 1.82) is 0 Å². The molecule has 0 radical (unpaired) electrons. The van der Waals surface area contributed by atoms with Gasteiger partial charge in [-0.2, -0.15) is 0 Å². The second-order valence-electron chi connectivity index (χ2n) is 4.55. The van der Waals surface area contributed by atoms with E-state index in [2.05, 4.69) is 19.2 Å². The van der Waals surface area contributed by atoms with Gasteiger partial charge in [-0.25, -0.2) is 4.39 Å². The second-order valence-corrected chi connectivity index (χ2v) is 4.55. The van der Waals surface area contributed by atoms with Gasteiger partial charge in [-0.3, -0.25) is 0 Å². The maximum atomic E-state index is 13.5. The predicted octanol–water partition coefficient (Wildman–Crippen LogP) is 3.55. The molecule has 0 amide bonds. The van der Waals surface area contributed by atoms with Gasteiger partial charge in [-0.15, -0.1) is 0 Å². The van der Waals surface area contributed by atoms with E-state index in [4.69, 9.17) is 4.74 Å². The molecule has 1 rings (SSSR count). The van der Waals surface area contributed by atoms with Crippen LogP contribution in [0.15, 0.2) is 18.2 Å². The molecule has 18 heavy (non-hydrogen) atoms. The van der Waals surface area contributed by atoms with Crippen LogP contribution in [0.4, 0.5) is 4.39 Å². The van der Waals surface area contributed by atoms with Crippen molar-refractivity contribution < 1.29 is 9.13 Å². The Morgan fingerprint density at radius 3 is 2.61 bits per heavy atom. The number of rotatable bonds is 8. The van der Waals surface area contributed by atoms with E-state index in [1.807, 2.05) is 6.07 Å². The average molecular weight is 253 g/mol. The molecule has 1 aromatic carbocycles. The Morgan fingerprint density at radius 1 is 1.28 bits per heavy atom. The monoisotopic (exact) mass is 253 g/mol. The van der Waals surface area contributed by atoms with Crippen molar-refractivity contribution in [3.05, 3.63) is 29.6 Å². The average Bonchev–Trinajstić information content (AvgIpc) is 2.36. The van der Waals surface area contributed by atoms with E-state index >= 15 is 0 Å². The predicted molar refractivity (Wildman–Crippen MR) is 73.6 cm³/mol. The Balaban J connectivity index is 2.53. The van der Waals surface area contributed by atoms with Crippen LogP contribution in [0.5, 0.6) is 5.75 Å². The lowest BCUT2D eigenvalue weighted by atomic mass is 10.0. The molecule has 2 nitrogen and oxygen atoms in total. The molecule has 1 N–H and O–H groups in total. The van der Waals surface area contributed by atoms with Gasteiger partial charge < -0.3 is 10.1 Å². The van der Waals surface area contributed by atoms with Gasteiger partial charge in [0.15, 0.2) is 11.6 Å². The first-order valence-corrected chi connectivity index (χ1v) is 6.77. The van der Waals surface area contributed by atoms with Crippen molar-refractivity contribution in [3.63, 3.8) is 0 Å². The zero-order valence-electron chi connectivity index (χ0n) is 11.6. The lowest BCUT2D eigenvalue weighted by Gasteiger charge is -2.17. The van der Waals surface area contributed by atoms with Crippen LogP contribution in [0.1, 0.15) is 38.7 Å². The molecule has 0 heterocycles. The van der Waals surface area contributed by atoms with Crippen molar-refractivity contribution in [2.24, 2.45) is 0 Å². The molecule has 0 fully saturated rings. The fourth-order valence-electron chi connectivity index (χ4n) is 2.19. The third-order valence-electron chi connectivity index (χ3n) is 3.13. The topological polar surface area (TPSA) is 21.3 Å². The van der Waals surface area contributed by atoms with E-state index in [1.165, 1.54) is 20.0 Å². The zero-order chi connectivity index (χ0) is 13.4. The van der Waals surface area contributed by atoms with E-state index in [0.29, 0.717) is 11.8 Å². The largest absolute Gasteiger partial charge is 0.494 e. The third-order valence-corrected chi connectivity index (χ3v) is 3.13. The summed E-state index contributed by atoms with van der Waals surface area (Å²) in [6, 6.07) is 5.75. The number of hydrogen-bond acceptors (Lipinski definition) is 2. The van der Waals surface area contributed by atoms with Crippen molar-refractivity contribution in [1.82, 2.24) is 5.32 Å². The summed E-state index contributed by atoms with van der Waals surface area (Å²) in [6.07, 6.45) is 4.30. The first-order valence-electron chi connectivity index (χ1n) is 6.77. The summed E-state index contributed by atoms with van der Waals surface area (Å²) in [6.45, 7) is 5.30. The normalized spacial score (nSPS) is 12.4. The SMILES string of the molecule is CCCC(CCc1ccc(OC)c(F)c1)NCC. The molecular weight excluding hydrogens is 229 g/mol. The number of aryl methyl sites for hydroxylation is 1. The number of ether oxygens (including phenoxy) is 1. The first-order chi connectivity index (χ1) is 8.71. The van der Waals surface area contributed by atoms with E-state index in [9.17, 15) is 4.39 Å². The molecule has 102 valence electrons. The smallest absolute Gasteiger partial charge is 0.165 e. The van der Waals surface area contributed by atoms with Gasteiger partial charge >= 0.3 is 0 Å². The minimum absolute atomic E-state index is 0.273. The highest BCUT2D eigenvalue weighted by Gasteiger charge is 2.08. The van der Waals surface area contributed by atoms with Crippen LogP contribution >= 0.6 is 0 Å². The number of methoxy groups -OCH3 is 1. The lowest BCUT2D eigenvalue weighted by molar-refractivity contribution is 0.386. The Hall–Kier alpha value is -1.09. The molecule has 1 unspecified atom stereocenters. The maximum Gasteiger partial charge on any atom is 0.165 e. The Kier molecular flexibility index (Phi) is 6.73. The lowest BCUT2D eigenvalue weighted by Crippen LogP contribution is -2.29. The summed E-state index contributed by atoms with van der Waals surface area (Å²) in [5, 5.41) is 3.47. The molecule has 0 aromatic heterocycles. The fourth-order valence-corrected chi connectivity index (χ4v) is 2.19. The molecule has 3 heteroatoms. The Labute approximate surface area is 110 Å². The first kappa shape index (κ1) is 15.0. The highest BCUT2D eigenvalue weighted by atomic mass is 19.1. The number of halogens is 1. The second kappa shape index (κ2) is 8.09. The fraction of sp³-hybridized carbons (Fsp3) is 0.600. The van der Waals surface area contributed by atoms with Crippen LogP contribution in [-0.2, 0) is 6.42 Å². The van der Waals surface area contributed by atoms with Gasteiger partial charge in [0.05, 0.1) is 7.11 Å². The number of nitrogens with one attached hydrogen (secondary N) is 1. The quantitative estimate of drug-likeness (QED) is 0.765. The molecule has 0 aliphatic heterocycles. The van der Waals surface area contributed by atoms with E-state index < -0.39 is 0 Å². The summed E-state index contributed by atoms with van der Waals surface area (Å²) in [5.74, 6) is 0.0426. The Morgan fingerprint density at radius 2 is 2.06 bits per heavy atom. The van der Waals surface area contributed by atoms with E-state index in [-0.39, 0.29) is 5.82 Å². The van der Waals surface area contributed by atoms with Gasteiger partial charge in [-0.1, -0.05) is 26.3 Å². The summed E-state index contributed by atoms with van der Waals surface area (Å²) in [7, 11) is 1.49. The van der Waals surface area contributed by atoms with Crippen molar-refractivity contribution in [2.45, 2.75) is 45.6 Å².